The van der Waals surface area contributed by atoms with Crippen LogP contribution in [0.15, 0.2) is 41.1 Å². The van der Waals surface area contributed by atoms with Gasteiger partial charge in [0.2, 0.25) is 5.82 Å². The molecule has 3 rings (SSSR count). The maximum atomic E-state index is 9.16. The molecule has 2 heterocycles. The van der Waals surface area contributed by atoms with Gasteiger partial charge < -0.3 is 14.2 Å². The SMILES string of the molecule is Cc1cc(C#N)cc(-c2nc(-c3ncccc3OCCCCN(C)C)no2)c1. The molecule has 2 aromatic heterocycles. The van der Waals surface area contributed by atoms with Gasteiger partial charge in [0.25, 0.3) is 5.89 Å². The molecular weight excluding hydrogens is 354 g/mol. The highest BCUT2D eigenvalue weighted by Crippen LogP contribution is 2.28. The Morgan fingerprint density at radius 3 is 2.86 bits per heavy atom. The molecular formula is C21H23N5O2. The third-order valence-electron chi connectivity index (χ3n) is 4.12. The first-order chi connectivity index (χ1) is 13.6. The summed E-state index contributed by atoms with van der Waals surface area (Å²) in [4.78, 5) is 11.0. The van der Waals surface area contributed by atoms with Crippen LogP contribution < -0.4 is 4.74 Å². The molecule has 7 heteroatoms. The molecule has 0 saturated carbocycles. The van der Waals surface area contributed by atoms with Crippen molar-refractivity contribution < 1.29 is 9.26 Å². The lowest BCUT2D eigenvalue weighted by atomic mass is 10.1. The maximum Gasteiger partial charge on any atom is 0.258 e. The molecule has 0 saturated heterocycles. The Balaban J connectivity index is 1.77. The number of aromatic nitrogens is 3. The van der Waals surface area contributed by atoms with Crippen LogP contribution in [0.25, 0.3) is 23.0 Å². The zero-order valence-electron chi connectivity index (χ0n) is 16.3. The van der Waals surface area contributed by atoms with E-state index in [-0.39, 0.29) is 0 Å². The Labute approximate surface area is 164 Å². The number of pyridine rings is 1. The summed E-state index contributed by atoms with van der Waals surface area (Å²) in [6, 6.07) is 11.2. The second kappa shape index (κ2) is 9.11. The molecule has 0 aliphatic rings. The van der Waals surface area contributed by atoms with E-state index in [1.54, 1.807) is 12.3 Å². The predicted octanol–water partition coefficient (Wildman–Crippen LogP) is 3.70. The number of unbranched alkanes of at least 4 members (excludes halogenated alkanes) is 1. The summed E-state index contributed by atoms with van der Waals surface area (Å²) in [6.45, 7) is 3.54. The van der Waals surface area contributed by atoms with Gasteiger partial charge in [0.1, 0.15) is 5.75 Å². The summed E-state index contributed by atoms with van der Waals surface area (Å²) in [5.74, 6) is 1.33. The van der Waals surface area contributed by atoms with Crippen LogP contribution in [0, 0.1) is 18.3 Å². The number of benzene rings is 1. The van der Waals surface area contributed by atoms with Gasteiger partial charge in [-0.2, -0.15) is 10.2 Å². The Bertz CT molecular complexity index is 975. The van der Waals surface area contributed by atoms with E-state index in [2.05, 4.69) is 40.2 Å². The van der Waals surface area contributed by atoms with Crippen molar-refractivity contribution in [2.45, 2.75) is 19.8 Å². The second-order valence-electron chi connectivity index (χ2n) is 6.83. The summed E-state index contributed by atoms with van der Waals surface area (Å²) in [7, 11) is 4.11. The van der Waals surface area contributed by atoms with Gasteiger partial charge in [0.15, 0.2) is 5.69 Å². The Morgan fingerprint density at radius 2 is 2.07 bits per heavy atom. The van der Waals surface area contributed by atoms with Gasteiger partial charge in [-0.1, -0.05) is 5.16 Å². The van der Waals surface area contributed by atoms with E-state index in [4.69, 9.17) is 14.5 Å². The van der Waals surface area contributed by atoms with Crippen LogP contribution >= 0.6 is 0 Å². The van der Waals surface area contributed by atoms with Crippen molar-refractivity contribution >= 4 is 0 Å². The van der Waals surface area contributed by atoms with E-state index in [1.807, 2.05) is 31.2 Å². The minimum absolute atomic E-state index is 0.345. The molecule has 144 valence electrons. The highest BCUT2D eigenvalue weighted by molar-refractivity contribution is 5.63. The average Bonchev–Trinajstić information content (AvgIpc) is 3.17. The first kappa shape index (κ1) is 19.5. The van der Waals surface area contributed by atoms with Crippen LogP contribution in [-0.2, 0) is 0 Å². The summed E-state index contributed by atoms with van der Waals surface area (Å²) in [5, 5.41) is 13.2. The normalized spacial score (nSPS) is 10.8. The summed E-state index contributed by atoms with van der Waals surface area (Å²) >= 11 is 0. The number of aryl methyl sites for hydroxylation is 1. The zero-order chi connectivity index (χ0) is 19.9. The third-order valence-corrected chi connectivity index (χ3v) is 4.12. The Morgan fingerprint density at radius 1 is 1.21 bits per heavy atom. The van der Waals surface area contributed by atoms with Gasteiger partial charge in [0.05, 0.1) is 18.2 Å². The van der Waals surface area contributed by atoms with Crippen LogP contribution in [0.1, 0.15) is 24.0 Å². The fourth-order valence-corrected chi connectivity index (χ4v) is 2.80. The van der Waals surface area contributed by atoms with E-state index in [9.17, 15) is 0 Å². The molecule has 1 aromatic carbocycles. The molecule has 0 spiro atoms. The van der Waals surface area contributed by atoms with Crippen molar-refractivity contribution in [1.82, 2.24) is 20.0 Å². The van der Waals surface area contributed by atoms with E-state index in [0.717, 1.165) is 24.9 Å². The van der Waals surface area contributed by atoms with Gasteiger partial charge in [-0.15, -0.1) is 0 Å². The van der Waals surface area contributed by atoms with Crippen molar-refractivity contribution in [3.63, 3.8) is 0 Å². The number of hydrogen-bond donors (Lipinski definition) is 0. The van der Waals surface area contributed by atoms with Gasteiger partial charge in [-0.3, -0.25) is 0 Å². The first-order valence-electron chi connectivity index (χ1n) is 9.15. The van der Waals surface area contributed by atoms with Crippen molar-refractivity contribution in [3.05, 3.63) is 47.7 Å². The highest BCUT2D eigenvalue weighted by atomic mass is 16.5. The summed E-state index contributed by atoms with van der Waals surface area (Å²) in [5.41, 5.74) is 2.75. The molecule has 0 unspecified atom stereocenters. The molecule has 7 nitrogen and oxygen atoms in total. The van der Waals surface area contributed by atoms with Crippen LogP contribution in [0.3, 0.4) is 0 Å². The molecule has 0 N–H and O–H groups in total. The van der Waals surface area contributed by atoms with Crippen molar-refractivity contribution in [3.8, 4) is 34.8 Å². The summed E-state index contributed by atoms with van der Waals surface area (Å²) < 4.78 is 11.3. The monoisotopic (exact) mass is 377 g/mol. The molecule has 28 heavy (non-hydrogen) atoms. The quantitative estimate of drug-likeness (QED) is 0.553. The topological polar surface area (TPSA) is 88.1 Å². The lowest BCUT2D eigenvalue weighted by molar-refractivity contribution is 0.293. The Kier molecular flexibility index (Phi) is 6.35. The molecule has 0 bridgehead atoms. The second-order valence-corrected chi connectivity index (χ2v) is 6.83. The number of rotatable bonds is 8. The Hall–Kier alpha value is -3.24. The van der Waals surface area contributed by atoms with E-state index in [0.29, 0.717) is 40.9 Å². The van der Waals surface area contributed by atoms with E-state index < -0.39 is 0 Å². The number of hydrogen-bond acceptors (Lipinski definition) is 7. The standard InChI is InChI=1S/C21H23N5O2/c1-15-11-16(14-22)13-17(12-15)21-24-20(25-28-21)19-18(7-6-8-23-19)27-10-5-4-9-26(2)3/h6-8,11-13H,4-5,9-10H2,1-3H3. The predicted molar refractivity (Wildman–Crippen MR) is 106 cm³/mol. The lowest BCUT2D eigenvalue weighted by Crippen LogP contribution is -2.13. The number of ether oxygens (including phenoxy) is 1. The van der Waals surface area contributed by atoms with Crippen molar-refractivity contribution in [2.75, 3.05) is 27.2 Å². The largest absolute Gasteiger partial charge is 0.491 e. The minimum Gasteiger partial charge on any atom is -0.491 e. The number of nitriles is 1. The maximum absolute atomic E-state index is 9.16. The molecule has 3 aromatic rings. The van der Waals surface area contributed by atoms with E-state index in [1.165, 1.54) is 0 Å². The first-order valence-corrected chi connectivity index (χ1v) is 9.15. The van der Waals surface area contributed by atoms with E-state index >= 15 is 0 Å². The van der Waals surface area contributed by atoms with Gasteiger partial charge in [-0.25, -0.2) is 4.98 Å². The van der Waals surface area contributed by atoms with Crippen LogP contribution in [-0.4, -0.2) is 47.3 Å². The van der Waals surface area contributed by atoms with Crippen LogP contribution in [0.5, 0.6) is 5.75 Å². The van der Waals surface area contributed by atoms with Gasteiger partial charge >= 0.3 is 0 Å². The van der Waals surface area contributed by atoms with Crippen LogP contribution in [0.4, 0.5) is 0 Å². The fraction of sp³-hybridized carbons (Fsp3) is 0.333. The smallest absolute Gasteiger partial charge is 0.258 e. The fourth-order valence-electron chi connectivity index (χ4n) is 2.80. The van der Waals surface area contributed by atoms with Crippen LogP contribution in [0.2, 0.25) is 0 Å². The molecule has 0 fully saturated rings. The lowest BCUT2D eigenvalue weighted by Gasteiger charge is -2.10. The van der Waals surface area contributed by atoms with Gasteiger partial charge in [-0.05, 0) is 76.3 Å². The zero-order valence-corrected chi connectivity index (χ0v) is 16.3. The summed E-state index contributed by atoms with van der Waals surface area (Å²) in [6.07, 6.45) is 3.68. The molecule has 0 aliphatic heterocycles. The third kappa shape index (κ3) is 4.93. The molecule has 0 amide bonds. The van der Waals surface area contributed by atoms with Gasteiger partial charge in [0, 0.05) is 11.8 Å². The number of nitrogens with zero attached hydrogens (tertiary/aromatic N) is 5. The van der Waals surface area contributed by atoms with Crippen molar-refractivity contribution in [2.24, 2.45) is 0 Å². The highest BCUT2D eigenvalue weighted by Gasteiger charge is 2.16. The molecule has 0 radical (unpaired) electrons. The average molecular weight is 377 g/mol. The van der Waals surface area contributed by atoms with Crippen molar-refractivity contribution in [1.29, 1.82) is 5.26 Å². The molecule has 0 atom stereocenters. The minimum atomic E-state index is 0.345. The molecule has 0 aliphatic carbocycles.